The summed E-state index contributed by atoms with van der Waals surface area (Å²) < 4.78 is 10.7. The molecule has 0 bridgehead atoms. The number of nitrogens with zero attached hydrogens (tertiary/aromatic N) is 3. The Labute approximate surface area is 173 Å². The predicted molar refractivity (Wildman–Crippen MR) is 116 cm³/mol. The lowest BCUT2D eigenvalue weighted by Crippen LogP contribution is -2.11. The Bertz CT molecular complexity index is 1280. The van der Waals surface area contributed by atoms with Gasteiger partial charge in [0.05, 0.1) is 0 Å². The van der Waals surface area contributed by atoms with Crippen LogP contribution in [-0.2, 0) is 5.41 Å². The molecule has 0 aliphatic rings. The van der Waals surface area contributed by atoms with E-state index in [0.29, 0.717) is 11.2 Å². The van der Waals surface area contributed by atoms with Gasteiger partial charge >= 0.3 is 5.63 Å². The average molecular weight is 405 g/mol. The van der Waals surface area contributed by atoms with Crippen molar-refractivity contribution in [2.24, 2.45) is 0 Å². The second-order valence-electron chi connectivity index (χ2n) is 8.48. The zero-order chi connectivity index (χ0) is 21.6. The molecule has 0 fully saturated rings. The topological polar surface area (TPSA) is 92.6 Å². The zero-order valence-corrected chi connectivity index (χ0v) is 17.6. The van der Waals surface area contributed by atoms with Crippen LogP contribution in [0.25, 0.3) is 33.8 Å². The first-order valence-corrected chi connectivity index (χ1v) is 9.56. The molecule has 0 aliphatic heterocycles. The highest BCUT2D eigenvalue weighted by atomic mass is 16.5. The van der Waals surface area contributed by atoms with Gasteiger partial charge in [-0.3, -0.25) is 0 Å². The van der Waals surface area contributed by atoms with Crippen LogP contribution in [0.4, 0.5) is 5.69 Å². The van der Waals surface area contributed by atoms with E-state index in [-0.39, 0.29) is 28.2 Å². The Kier molecular flexibility index (Phi) is 4.61. The van der Waals surface area contributed by atoms with Crippen LogP contribution in [0.2, 0.25) is 0 Å². The summed E-state index contributed by atoms with van der Waals surface area (Å²) in [6.45, 7) is 6.12. The molecule has 0 unspecified atom stereocenters. The lowest BCUT2D eigenvalue weighted by Gasteiger charge is -2.19. The molecular weight excluding hydrogens is 382 g/mol. The summed E-state index contributed by atoms with van der Waals surface area (Å²) in [5, 5.41) is 14.9. The summed E-state index contributed by atoms with van der Waals surface area (Å²) in [7, 11) is 3.92. The van der Waals surface area contributed by atoms with Gasteiger partial charge in [0.2, 0.25) is 5.82 Å². The van der Waals surface area contributed by atoms with Crippen molar-refractivity contribution in [3.8, 4) is 28.6 Å². The predicted octanol–water partition coefficient (Wildman–Crippen LogP) is 4.58. The SMILES string of the molecule is CN(C)c1ccc(-c2noc(-c3cc4cc(C(C)(C)C)cc(O)c4oc3=O)n2)cc1. The minimum Gasteiger partial charge on any atom is -0.504 e. The summed E-state index contributed by atoms with van der Waals surface area (Å²) in [4.78, 5) is 18.9. The van der Waals surface area contributed by atoms with E-state index in [2.05, 4.69) is 10.1 Å². The highest BCUT2D eigenvalue weighted by Gasteiger charge is 2.20. The van der Waals surface area contributed by atoms with Gasteiger partial charge in [-0.05, 0) is 53.4 Å². The monoisotopic (exact) mass is 405 g/mol. The molecule has 1 N–H and O–H groups in total. The van der Waals surface area contributed by atoms with Crippen LogP contribution in [0.3, 0.4) is 0 Å². The summed E-state index contributed by atoms with van der Waals surface area (Å²) >= 11 is 0. The molecular formula is C23H23N3O4. The van der Waals surface area contributed by atoms with Crippen LogP contribution >= 0.6 is 0 Å². The molecule has 0 saturated carbocycles. The summed E-state index contributed by atoms with van der Waals surface area (Å²) in [5.74, 6) is 0.368. The van der Waals surface area contributed by atoms with E-state index in [0.717, 1.165) is 16.8 Å². The summed E-state index contributed by atoms with van der Waals surface area (Å²) in [6, 6.07) is 12.8. The van der Waals surface area contributed by atoms with E-state index in [1.165, 1.54) is 0 Å². The van der Waals surface area contributed by atoms with Crippen molar-refractivity contribution in [1.29, 1.82) is 0 Å². The van der Waals surface area contributed by atoms with Gasteiger partial charge in [0.25, 0.3) is 5.89 Å². The molecule has 0 saturated heterocycles. The van der Waals surface area contributed by atoms with Gasteiger partial charge in [0.1, 0.15) is 5.56 Å². The van der Waals surface area contributed by atoms with Crippen LogP contribution in [0.5, 0.6) is 5.75 Å². The largest absolute Gasteiger partial charge is 0.504 e. The molecule has 30 heavy (non-hydrogen) atoms. The van der Waals surface area contributed by atoms with Crippen molar-refractivity contribution in [2.45, 2.75) is 26.2 Å². The number of benzene rings is 2. The van der Waals surface area contributed by atoms with Gasteiger partial charge in [0, 0.05) is 30.7 Å². The van der Waals surface area contributed by atoms with E-state index in [1.54, 1.807) is 12.1 Å². The van der Waals surface area contributed by atoms with Crippen molar-refractivity contribution in [1.82, 2.24) is 10.1 Å². The van der Waals surface area contributed by atoms with E-state index in [9.17, 15) is 9.90 Å². The summed E-state index contributed by atoms with van der Waals surface area (Å²) in [5.41, 5.74) is 2.19. The third kappa shape index (κ3) is 3.54. The lowest BCUT2D eigenvalue weighted by molar-refractivity contribution is 0.427. The number of rotatable bonds is 3. The molecule has 7 nitrogen and oxygen atoms in total. The van der Waals surface area contributed by atoms with Crippen LogP contribution < -0.4 is 10.5 Å². The van der Waals surface area contributed by atoms with E-state index in [4.69, 9.17) is 8.94 Å². The maximum absolute atomic E-state index is 12.5. The highest BCUT2D eigenvalue weighted by Crippen LogP contribution is 2.33. The fourth-order valence-electron chi connectivity index (χ4n) is 3.16. The van der Waals surface area contributed by atoms with Gasteiger partial charge in [0.15, 0.2) is 11.3 Å². The van der Waals surface area contributed by atoms with Crippen LogP contribution in [0, 0.1) is 0 Å². The fourth-order valence-corrected chi connectivity index (χ4v) is 3.16. The molecule has 0 radical (unpaired) electrons. The Morgan fingerprint density at radius 3 is 2.37 bits per heavy atom. The molecule has 0 aliphatic carbocycles. The molecule has 4 rings (SSSR count). The van der Waals surface area contributed by atoms with Crippen molar-refractivity contribution in [3.05, 3.63) is 58.4 Å². The van der Waals surface area contributed by atoms with Crippen LogP contribution in [-0.4, -0.2) is 29.3 Å². The van der Waals surface area contributed by atoms with Crippen LogP contribution in [0.15, 0.2) is 56.2 Å². The molecule has 2 heterocycles. The fraction of sp³-hybridized carbons (Fsp3) is 0.261. The number of aromatic nitrogens is 2. The van der Waals surface area contributed by atoms with E-state index in [1.807, 2.05) is 70.1 Å². The molecule has 2 aromatic carbocycles. The van der Waals surface area contributed by atoms with Crippen molar-refractivity contribution < 1.29 is 14.0 Å². The number of aromatic hydroxyl groups is 1. The second-order valence-corrected chi connectivity index (χ2v) is 8.48. The molecule has 7 heteroatoms. The number of anilines is 1. The van der Waals surface area contributed by atoms with Gasteiger partial charge in [-0.15, -0.1) is 0 Å². The van der Waals surface area contributed by atoms with Gasteiger partial charge < -0.3 is 18.9 Å². The Morgan fingerprint density at radius 1 is 1.03 bits per heavy atom. The van der Waals surface area contributed by atoms with Crippen molar-refractivity contribution in [2.75, 3.05) is 19.0 Å². The standard InChI is InChI=1S/C23H23N3O4/c1-23(2,3)15-10-14-11-17(22(28)29-19(14)18(27)12-15)21-24-20(25-30-21)13-6-8-16(9-7-13)26(4)5/h6-12,27H,1-5H3. The van der Waals surface area contributed by atoms with E-state index < -0.39 is 5.63 Å². The molecule has 4 aromatic rings. The molecule has 0 atom stereocenters. The Morgan fingerprint density at radius 2 is 1.73 bits per heavy atom. The number of hydrogen-bond acceptors (Lipinski definition) is 7. The third-order valence-electron chi connectivity index (χ3n) is 4.98. The quantitative estimate of drug-likeness (QED) is 0.499. The molecule has 0 amide bonds. The van der Waals surface area contributed by atoms with Gasteiger partial charge in [-0.2, -0.15) is 4.98 Å². The van der Waals surface area contributed by atoms with E-state index >= 15 is 0 Å². The minimum atomic E-state index is -0.653. The lowest BCUT2D eigenvalue weighted by atomic mass is 9.86. The van der Waals surface area contributed by atoms with Gasteiger partial charge in [-0.25, -0.2) is 4.79 Å². The maximum Gasteiger partial charge on any atom is 0.349 e. The van der Waals surface area contributed by atoms with Crippen LogP contribution in [0.1, 0.15) is 26.3 Å². The Hall–Kier alpha value is -3.61. The second kappa shape index (κ2) is 7.02. The highest BCUT2D eigenvalue weighted by molar-refractivity contribution is 5.86. The normalized spacial score (nSPS) is 11.8. The number of fused-ring (bicyclic) bond motifs is 1. The molecule has 0 spiro atoms. The van der Waals surface area contributed by atoms with Crippen molar-refractivity contribution in [3.63, 3.8) is 0 Å². The molecule has 2 aromatic heterocycles. The smallest absolute Gasteiger partial charge is 0.349 e. The first-order valence-electron chi connectivity index (χ1n) is 9.56. The third-order valence-corrected chi connectivity index (χ3v) is 4.98. The average Bonchev–Trinajstić information content (AvgIpc) is 3.17. The number of hydrogen-bond donors (Lipinski definition) is 1. The number of phenols is 1. The maximum atomic E-state index is 12.5. The summed E-state index contributed by atoms with van der Waals surface area (Å²) in [6.07, 6.45) is 0. The zero-order valence-electron chi connectivity index (χ0n) is 17.6. The Balaban J connectivity index is 1.78. The van der Waals surface area contributed by atoms with Gasteiger partial charge in [-0.1, -0.05) is 25.9 Å². The first kappa shape index (κ1) is 19.7. The van der Waals surface area contributed by atoms with Crippen molar-refractivity contribution >= 4 is 16.7 Å². The minimum absolute atomic E-state index is 0.0676. The molecule has 154 valence electrons. The first-order chi connectivity index (χ1) is 14.1. The number of phenolic OH excluding ortho intramolecular Hbond substituents is 1.